The number of carbonyl (C=O) groups excluding carboxylic acids is 2. The van der Waals surface area contributed by atoms with Gasteiger partial charge in [-0.1, -0.05) is 18.2 Å². The molecule has 3 atom stereocenters. The number of H-pyrrole nitrogens is 1. The van der Waals surface area contributed by atoms with E-state index in [0.717, 1.165) is 40.6 Å². The Hall–Kier alpha value is -3.72. The molecule has 6 rings (SSSR count). The summed E-state index contributed by atoms with van der Waals surface area (Å²) in [5, 5.41) is 1.06. The van der Waals surface area contributed by atoms with Crippen LogP contribution in [0.3, 0.4) is 0 Å². The van der Waals surface area contributed by atoms with Gasteiger partial charge in [-0.15, -0.1) is 0 Å². The van der Waals surface area contributed by atoms with Crippen molar-refractivity contribution in [3.05, 3.63) is 53.2 Å². The average Bonchev–Trinajstić information content (AvgIpc) is 3.57. The van der Waals surface area contributed by atoms with E-state index in [9.17, 15) is 9.59 Å². The molecule has 2 amide bonds. The number of amides is 2. The molecule has 0 bridgehead atoms. The Balaban J connectivity index is 1.49. The Morgan fingerprint density at radius 2 is 1.81 bits per heavy atom. The Morgan fingerprint density at radius 1 is 1.05 bits per heavy atom. The molecule has 3 aromatic rings. The lowest BCUT2D eigenvalue weighted by Gasteiger charge is -2.47. The summed E-state index contributed by atoms with van der Waals surface area (Å²) >= 11 is 0. The smallest absolute Gasteiger partial charge is 0.246 e. The maximum atomic E-state index is 13.9. The summed E-state index contributed by atoms with van der Waals surface area (Å²) in [6, 6.07) is 10.6. The number of nitrogens with one attached hydrogen (secondary N) is 1. The van der Waals surface area contributed by atoms with E-state index in [1.54, 1.807) is 31.1 Å². The number of benzene rings is 2. The number of hydrogen-bond acceptors (Lipinski definition) is 6. The number of carbonyl (C=O) groups is 2. The highest BCUT2D eigenvalue weighted by Gasteiger charge is 2.49. The van der Waals surface area contributed by atoms with E-state index in [1.807, 2.05) is 30.3 Å². The second kappa shape index (κ2) is 9.30. The van der Waals surface area contributed by atoms with Gasteiger partial charge in [0.1, 0.15) is 6.04 Å². The van der Waals surface area contributed by atoms with Crippen LogP contribution in [0.1, 0.15) is 35.7 Å². The molecule has 2 aromatic carbocycles. The zero-order valence-electron chi connectivity index (χ0n) is 21.3. The van der Waals surface area contributed by atoms with Crippen LogP contribution < -0.4 is 14.2 Å². The lowest BCUT2D eigenvalue weighted by molar-refractivity contribution is -0.159. The van der Waals surface area contributed by atoms with Gasteiger partial charge in [-0.2, -0.15) is 0 Å². The van der Waals surface area contributed by atoms with Crippen LogP contribution in [-0.2, 0) is 20.7 Å². The molecule has 0 spiro atoms. The Morgan fingerprint density at radius 3 is 2.49 bits per heavy atom. The van der Waals surface area contributed by atoms with Gasteiger partial charge in [-0.05, 0) is 42.2 Å². The number of methoxy groups -OCH3 is 3. The Labute approximate surface area is 215 Å². The molecular formula is C28H31N3O6. The lowest BCUT2D eigenvalue weighted by Crippen LogP contribution is -2.63. The highest BCUT2D eigenvalue weighted by Crippen LogP contribution is 2.47. The number of fused-ring (bicyclic) bond motifs is 4. The summed E-state index contributed by atoms with van der Waals surface area (Å²) in [5.41, 5.74) is 3.71. The van der Waals surface area contributed by atoms with Gasteiger partial charge in [0.05, 0.1) is 40.0 Å². The summed E-state index contributed by atoms with van der Waals surface area (Å²) in [4.78, 5) is 34.7. The summed E-state index contributed by atoms with van der Waals surface area (Å²) < 4.78 is 22.6. The molecule has 2 unspecified atom stereocenters. The number of para-hydroxylation sites is 1. The van der Waals surface area contributed by atoms with Crippen LogP contribution >= 0.6 is 0 Å². The van der Waals surface area contributed by atoms with E-state index in [0.29, 0.717) is 36.8 Å². The second-order valence-electron chi connectivity index (χ2n) is 9.80. The van der Waals surface area contributed by atoms with Crippen LogP contribution in [0, 0.1) is 0 Å². The number of piperazine rings is 1. The van der Waals surface area contributed by atoms with Crippen molar-refractivity contribution in [1.29, 1.82) is 0 Å². The number of nitrogens with zero attached hydrogens (tertiary/aromatic N) is 2. The molecule has 3 aliphatic rings. The topological polar surface area (TPSA) is 93.3 Å². The maximum absolute atomic E-state index is 13.9. The predicted octanol–water partition coefficient (Wildman–Crippen LogP) is 3.06. The van der Waals surface area contributed by atoms with Crippen LogP contribution in [0.5, 0.6) is 17.2 Å². The molecule has 3 aliphatic heterocycles. The van der Waals surface area contributed by atoms with Crippen molar-refractivity contribution in [2.24, 2.45) is 0 Å². The van der Waals surface area contributed by atoms with Crippen LogP contribution in [-0.4, -0.2) is 79.8 Å². The molecule has 2 saturated heterocycles. The van der Waals surface area contributed by atoms with Crippen LogP contribution in [0.4, 0.5) is 0 Å². The van der Waals surface area contributed by atoms with E-state index in [2.05, 4.69) is 11.1 Å². The number of ether oxygens (including phenoxy) is 4. The van der Waals surface area contributed by atoms with Crippen molar-refractivity contribution >= 4 is 22.7 Å². The fourth-order valence-electron chi connectivity index (χ4n) is 6.12. The number of aromatic nitrogens is 1. The van der Waals surface area contributed by atoms with Gasteiger partial charge < -0.3 is 33.7 Å². The standard InChI is InChI=1S/C28H31N3O6/c1-34-22-11-16(12-23(35-2)27(22)36-3)26-25-19(18-8-4-5-9-20(18)29-25)13-21-28(33)30(15-24(32)31(21)26)14-17-7-6-10-37-17/h4-5,8-9,11-12,17,21,26,29H,6-7,10,13-15H2,1-3H3/t17?,21-,26?/m1/s1. The molecule has 9 nitrogen and oxygen atoms in total. The predicted molar refractivity (Wildman–Crippen MR) is 136 cm³/mol. The summed E-state index contributed by atoms with van der Waals surface area (Å²) in [6.07, 6.45) is 2.33. The first-order chi connectivity index (χ1) is 18.0. The molecule has 9 heteroatoms. The van der Waals surface area contributed by atoms with Crippen molar-refractivity contribution < 1.29 is 28.5 Å². The van der Waals surface area contributed by atoms with Crippen LogP contribution in [0.15, 0.2) is 36.4 Å². The molecule has 194 valence electrons. The summed E-state index contributed by atoms with van der Waals surface area (Å²) in [6.45, 7) is 1.19. The maximum Gasteiger partial charge on any atom is 0.246 e. The van der Waals surface area contributed by atoms with Crippen molar-refractivity contribution in [2.45, 2.75) is 37.5 Å². The van der Waals surface area contributed by atoms with E-state index in [1.165, 1.54) is 0 Å². The van der Waals surface area contributed by atoms with E-state index in [4.69, 9.17) is 18.9 Å². The van der Waals surface area contributed by atoms with E-state index < -0.39 is 12.1 Å². The van der Waals surface area contributed by atoms with Crippen LogP contribution in [0.2, 0.25) is 0 Å². The number of rotatable bonds is 6. The highest BCUT2D eigenvalue weighted by molar-refractivity contribution is 5.97. The average molecular weight is 506 g/mol. The minimum atomic E-state index is -0.613. The molecule has 0 aliphatic carbocycles. The van der Waals surface area contributed by atoms with Crippen LogP contribution in [0.25, 0.3) is 10.9 Å². The quantitative estimate of drug-likeness (QED) is 0.554. The molecule has 0 radical (unpaired) electrons. The van der Waals surface area contributed by atoms with Gasteiger partial charge in [0.2, 0.25) is 17.6 Å². The largest absolute Gasteiger partial charge is 0.493 e. The zero-order chi connectivity index (χ0) is 25.7. The minimum absolute atomic E-state index is 0.0125. The minimum Gasteiger partial charge on any atom is -0.493 e. The van der Waals surface area contributed by atoms with Crippen molar-refractivity contribution in [3.8, 4) is 17.2 Å². The third-order valence-electron chi connectivity index (χ3n) is 7.79. The molecular weight excluding hydrogens is 474 g/mol. The molecule has 1 N–H and O–H groups in total. The van der Waals surface area contributed by atoms with Gasteiger partial charge >= 0.3 is 0 Å². The van der Waals surface area contributed by atoms with Gasteiger partial charge in [0, 0.05) is 36.2 Å². The van der Waals surface area contributed by atoms with E-state index in [-0.39, 0.29) is 24.5 Å². The lowest BCUT2D eigenvalue weighted by atomic mass is 9.86. The highest BCUT2D eigenvalue weighted by atomic mass is 16.5. The summed E-state index contributed by atoms with van der Waals surface area (Å²) in [7, 11) is 4.69. The Kier molecular flexibility index (Phi) is 5.95. The normalized spacial score (nSPS) is 23.3. The monoisotopic (exact) mass is 505 g/mol. The van der Waals surface area contributed by atoms with Gasteiger partial charge in [0.15, 0.2) is 11.5 Å². The van der Waals surface area contributed by atoms with E-state index >= 15 is 0 Å². The van der Waals surface area contributed by atoms with Gasteiger partial charge in [-0.25, -0.2) is 0 Å². The molecule has 1 aromatic heterocycles. The second-order valence-corrected chi connectivity index (χ2v) is 9.80. The first-order valence-electron chi connectivity index (χ1n) is 12.6. The number of hydrogen-bond donors (Lipinski definition) is 1. The molecule has 0 saturated carbocycles. The van der Waals surface area contributed by atoms with Gasteiger partial charge in [-0.3, -0.25) is 9.59 Å². The SMILES string of the molecule is COc1cc(C2c3[nH]c4ccccc4c3C[C@@H]3C(=O)N(CC4CCCO4)CC(=O)N23)cc(OC)c1OC. The fourth-order valence-corrected chi connectivity index (χ4v) is 6.12. The fraction of sp³-hybridized carbons (Fsp3) is 0.429. The third kappa shape index (κ3) is 3.80. The van der Waals surface area contributed by atoms with Crippen molar-refractivity contribution in [2.75, 3.05) is 41.0 Å². The Bertz CT molecular complexity index is 1340. The summed E-state index contributed by atoms with van der Waals surface area (Å²) in [5.74, 6) is 1.33. The first kappa shape index (κ1) is 23.7. The first-order valence-corrected chi connectivity index (χ1v) is 12.6. The zero-order valence-corrected chi connectivity index (χ0v) is 21.3. The van der Waals surface area contributed by atoms with Crippen molar-refractivity contribution in [1.82, 2.24) is 14.8 Å². The molecule has 37 heavy (non-hydrogen) atoms. The number of aromatic amines is 1. The van der Waals surface area contributed by atoms with Gasteiger partial charge in [0.25, 0.3) is 0 Å². The van der Waals surface area contributed by atoms with Crippen molar-refractivity contribution in [3.63, 3.8) is 0 Å². The molecule has 2 fully saturated rings. The third-order valence-corrected chi connectivity index (χ3v) is 7.79. The molecule has 4 heterocycles.